The highest BCUT2D eigenvalue weighted by Gasteiger charge is 2.20. The molecule has 1 amide bonds. The molecule has 1 aliphatic rings. The fourth-order valence-corrected chi connectivity index (χ4v) is 3.51. The Morgan fingerprint density at radius 1 is 0.778 bits per heavy atom. The number of hydrogen-bond donors (Lipinski definition) is 0. The Hall–Kier alpha value is -2.46. The van der Waals surface area contributed by atoms with Crippen molar-refractivity contribution in [2.24, 2.45) is 0 Å². The third-order valence-corrected chi connectivity index (χ3v) is 5.17. The van der Waals surface area contributed by atoms with E-state index >= 15 is 0 Å². The van der Waals surface area contributed by atoms with Gasteiger partial charge >= 0.3 is 0 Å². The van der Waals surface area contributed by atoms with E-state index in [0.717, 1.165) is 51.1 Å². The molecule has 1 fully saturated rings. The molecule has 3 rings (SSSR count). The first kappa shape index (κ1) is 19.3. The van der Waals surface area contributed by atoms with Crippen LogP contribution in [-0.2, 0) is 11.2 Å². The number of benzene rings is 2. The number of aryl methyl sites for hydroxylation is 1. The molecule has 0 radical (unpaired) electrons. The van der Waals surface area contributed by atoms with Crippen molar-refractivity contribution >= 4 is 11.7 Å². The normalized spacial score (nSPS) is 14.9. The number of hydrogen-bond acceptors (Lipinski definition) is 3. The van der Waals surface area contributed by atoms with Gasteiger partial charge in [-0.2, -0.15) is 0 Å². The number of rotatable bonds is 8. The predicted molar refractivity (Wildman–Crippen MR) is 108 cm³/mol. The van der Waals surface area contributed by atoms with Gasteiger partial charge < -0.3 is 4.90 Å². The molecule has 2 aromatic rings. The van der Waals surface area contributed by atoms with Crippen molar-refractivity contribution in [2.75, 3.05) is 32.7 Å². The van der Waals surface area contributed by atoms with Crippen LogP contribution in [0.1, 0.15) is 35.2 Å². The number of carbonyl (C=O) groups excluding carboxylic acids is 2. The van der Waals surface area contributed by atoms with Crippen molar-refractivity contribution in [3.8, 4) is 0 Å². The van der Waals surface area contributed by atoms with E-state index in [4.69, 9.17) is 0 Å². The van der Waals surface area contributed by atoms with Crippen LogP contribution in [0.5, 0.6) is 0 Å². The van der Waals surface area contributed by atoms with Crippen LogP contribution in [0.2, 0.25) is 0 Å². The van der Waals surface area contributed by atoms with E-state index in [9.17, 15) is 9.59 Å². The largest absolute Gasteiger partial charge is 0.340 e. The van der Waals surface area contributed by atoms with Crippen molar-refractivity contribution in [2.45, 2.75) is 25.7 Å². The highest BCUT2D eigenvalue weighted by molar-refractivity contribution is 5.95. The maximum Gasteiger partial charge on any atom is 0.222 e. The van der Waals surface area contributed by atoms with E-state index in [1.165, 1.54) is 5.56 Å². The fraction of sp³-hybridized carbons (Fsp3) is 0.391. The van der Waals surface area contributed by atoms with Crippen molar-refractivity contribution in [3.05, 3.63) is 71.8 Å². The molecule has 0 aliphatic carbocycles. The van der Waals surface area contributed by atoms with Crippen molar-refractivity contribution in [3.63, 3.8) is 0 Å². The molecule has 0 spiro atoms. The van der Waals surface area contributed by atoms with Gasteiger partial charge in [0.05, 0.1) is 0 Å². The molecule has 1 heterocycles. The molecule has 0 saturated carbocycles. The SMILES string of the molecule is O=C(CCCN1CCN(C(=O)CCc2ccccc2)CC1)c1ccccc1. The van der Waals surface area contributed by atoms with E-state index < -0.39 is 0 Å². The highest BCUT2D eigenvalue weighted by Crippen LogP contribution is 2.10. The molecular weight excluding hydrogens is 336 g/mol. The zero-order chi connectivity index (χ0) is 18.9. The summed E-state index contributed by atoms with van der Waals surface area (Å²) in [6.07, 6.45) is 2.84. The molecule has 4 heteroatoms. The fourth-order valence-electron chi connectivity index (χ4n) is 3.51. The molecule has 0 unspecified atom stereocenters. The van der Waals surface area contributed by atoms with Gasteiger partial charge in [-0.3, -0.25) is 14.5 Å². The van der Waals surface area contributed by atoms with E-state index in [-0.39, 0.29) is 11.7 Å². The second-order valence-electron chi connectivity index (χ2n) is 7.10. The second-order valence-corrected chi connectivity index (χ2v) is 7.10. The molecule has 4 nitrogen and oxygen atoms in total. The number of Topliss-reactive ketones (excluding diaryl/α,β-unsaturated/α-hetero) is 1. The zero-order valence-electron chi connectivity index (χ0n) is 15.8. The van der Waals surface area contributed by atoms with E-state index in [2.05, 4.69) is 17.0 Å². The van der Waals surface area contributed by atoms with E-state index in [1.807, 2.05) is 53.4 Å². The Kier molecular flexibility index (Phi) is 7.17. The summed E-state index contributed by atoms with van der Waals surface area (Å²) in [4.78, 5) is 28.9. The summed E-state index contributed by atoms with van der Waals surface area (Å²) < 4.78 is 0. The summed E-state index contributed by atoms with van der Waals surface area (Å²) in [5, 5.41) is 0. The van der Waals surface area contributed by atoms with Crippen LogP contribution in [0.3, 0.4) is 0 Å². The lowest BCUT2D eigenvalue weighted by Crippen LogP contribution is -2.48. The third kappa shape index (κ3) is 6.04. The Bertz CT molecular complexity index is 723. The number of piperazine rings is 1. The molecule has 0 N–H and O–H groups in total. The van der Waals surface area contributed by atoms with Crippen molar-refractivity contribution in [1.29, 1.82) is 0 Å². The average Bonchev–Trinajstić information content (AvgIpc) is 2.74. The van der Waals surface area contributed by atoms with E-state index in [0.29, 0.717) is 12.8 Å². The van der Waals surface area contributed by atoms with Crippen LogP contribution in [0.25, 0.3) is 0 Å². The van der Waals surface area contributed by atoms with Crippen molar-refractivity contribution < 1.29 is 9.59 Å². The topological polar surface area (TPSA) is 40.6 Å². The van der Waals surface area contributed by atoms with Gasteiger partial charge in [0.25, 0.3) is 0 Å². The quantitative estimate of drug-likeness (QED) is 0.674. The van der Waals surface area contributed by atoms with Crippen LogP contribution < -0.4 is 0 Å². The first-order valence-corrected chi connectivity index (χ1v) is 9.85. The van der Waals surface area contributed by atoms with Crippen LogP contribution in [0.15, 0.2) is 60.7 Å². The van der Waals surface area contributed by atoms with Crippen LogP contribution in [-0.4, -0.2) is 54.2 Å². The molecule has 0 atom stereocenters. The van der Waals surface area contributed by atoms with Gasteiger partial charge in [-0.05, 0) is 24.9 Å². The lowest BCUT2D eigenvalue weighted by Gasteiger charge is -2.34. The Morgan fingerprint density at radius 2 is 1.41 bits per heavy atom. The summed E-state index contributed by atoms with van der Waals surface area (Å²) >= 11 is 0. The number of carbonyl (C=O) groups is 2. The van der Waals surface area contributed by atoms with Gasteiger partial charge in [0.1, 0.15) is 0 Å². The predicted octanol–water partition coefficient (Wildman–Crippen LogP) is 3.43. The monoisotopic (exact) mass is 364 g/mol. The molecular formula is C23H28N2O2. The summed E-state index contributed by atoms with van der Waals surface area (Å²) in [5.41, 5.74) is 2.01. The van der Waals surface area contributed by atoms with Gasteiger partial charge in [0.15, 0.2) is 5.78 Å². The molecule has 0 bridgehead atoms. The van der Waals surface area contributed by atoms with E-state index in [1.54, 1.807) is 0 Å². The zero-order valence-corrected chi connectivity index (χ0v) is 15.8. The van der Waals surface area contributed by atoms with Gasteiger partial charge in [-0.25, -0.2) is 0 Å². The molecule has 0 aromatic heterocycles. The average molecular weight is 364 g/mol. The van der Waals surface area contributed by atoms with Crippen molar-refractivity contribution in [1.82, 2.24) is 9.80 Å². The molecule has 142 valence electrons. The lowest BCUT2D eigenvalue weighted by atomic mass is 10.1. The third-order valence-electron chi connectivity index (χ3n) is 5.17. The molecule has 2 aromatic carbocycles. The first-order valence-electron chi connectivity index (χ1n) is 9.85. The minimum absolute atomic E-state index is 0.213. The maximum atomic E-state index is 12.4. The van der Waals surface area contributed by atoms with Gasteiger partial charge in [-0.1, -0.05) is 60.7 Å². The van der Waals surface area contributed by atoms with Gasteiger partial charge in [0.2, 0.25) is 5.91 Å². The van der Waals surface area contributed by atoms with Crippen LogP contribution in [0.4, 0.5) is 0 Å². The first-order chi connectivity index (χ1) is 13.2. The number of nitrogens with zero attached hydrogens (tertiary/aromatic N) is 2. The minimum Gasteiger partial charge on any atom is -0.340 e. The van der Waals surface area contributed by atoms with Crippen LogP contribution >= 0.6 is 0 Å². The minimum atomic E-state index is 0.213. The number of amides is 1. The summed E-state index contributed by atoms with van der Waals surface area (Å²) in [6, 6.07) is 19.7. The maximum absolute atomic E-state index is 12.4. The molecule has 1 saturated heterocycles. The number of ketones is 1. The Labute approximate surface area is 161 Å². The van der Waals surface area contributed by atoms with Gasteiger partial charge in [-0.15, -0.1) is 0 Å². The summed E-state index contributed by atoms with van der Waals surface area (Å²) in [7, 11) is 0. The Balaban J connectivity index is 1.32. The molecule has 27 heavy (non-hydrogen) atoms. The second kappa shape index (κ2) is 10.0. The Morgan fingerprint density at radius 3 is 2.07 bits per heavy atom. The summed E-state index contributed by atoms with van der Waals surface area (Å²) in [5.74, 6) is 0.461. The highest BCUT2D eigenvalue weighted by atomic mass is 16.2. The summed E-state index contributed by atoms with van der Waals surface area (Å²) in [6.45, 7) is 4.30. The van der Waals surface area contributed by atoms with Gasteiger partial charge in [0, 0.05) is 44.6 Å². The van der Waals surface area contributed by atoms with Crippen LogP contribution in [0, 0.1) is 0 Å². The molecule has 1 aliphatic heterocycles. The lowest BCUT2D eigenvalue weighted by molar-refractivity contribution is -0.132. The standard InChI is InChI=1S/C23H28N2O2/c26-22(21-10-5-2-6-11-21)12-7-15-24-16-18-25(19-17-24)23(27)14-13-20-8-3-1-4-9-20/h1-6,8-11H,7,12-19H2. The smallest absolute Gasteiger partial charge is 0.222 e.